The van der Waals surface area contributed by atoms with Crippen molar-refractivity contribution in [2.75, 3.05) is 4.90 Å². The summed E-state index contributed by atoms with van der Waals surface area (Å²) in [5.41, 5.74) is 13.6. The summed E-state index contributed by atoms with van der Waals surface area (Å²) in [6.45, 7) is 4.37. The number of ketones is 1. The van der Waals surface area contributed by atoms with Crippen molar-refractivity contribution in [3.8, 4) is 11.8 Å². The molecule has 204 valence electrons. The molecule has 0 saturated carbocycles. The van der Waals surface area contributed by atoms with E-state index in [0.717, 1.165) is 50.8 Å². The van der Waals surface area contributed by atoms with Crippen LogP contribution in [-0.4, -0.2) is 5.78 Å². The zero-order valence-electron chi connectivity index (χ0n) is 23.1. The Labute approximate surface area is 245 Å². The van der Waals surface area contributed by atoms with Crippen molar-refractivity contribution in [1.82, 2.24) is 0 Å². The largest absolute Gasteiger partial charge is 0.487 e. The van der Waals surface area contributed by atoms with E-state index < -0.39 is 5.92 Å². The Bertz CT molecular complexity index is 1810. The highest BCUT2D eigenvalue weighted by Crippen LogP contribution is 2.48. The summed E-state index contributed by atoms with van der Waals surface area (Å²) < 4.78 is 6.08. The van der Waals surface area contributed by atoms with Crippen molar-refractivity contribution in [3.05, 3.63) is 129 Å². The fraction of sp³-hybridized carbons (Fsp3) is 0.200. The van der Waals surface area contributed by atoms with E-state index in [4.69, 9.17) is 22.1 Å². The number of hydrogen-bond acceptors (Lipinski definition) is 5. The Morgan fingerprint density at radius 2 is 1.76 bits per heavy atom. The minimum atomic E-state index is -0.548. The van der Waals surface area contributed by atoms with E-state index in [1.54, 1.807) is 6.07 Å². The molecular formula is C35H30ClN3O2. The molecule has 1 aliphatic heterocycles. The number of rotatable bonds is 5. The van der Waals surface area contributed by atoms with Crippen molar-refractivity contribution in [2.24, 2.45) is 5.73 Å². The summed E-state index contributed by atoms with van der Waals surface area (Å²) >= 11 is 6.33. The number of nitriles is 1. The van der Waals surface area contributed by atoms with Crippen molar-refractivity contribution < 1.29 is 9.53 Å². The second-order valence-corrected chi connectivity index (χ2v) is 11.1. The van der Waals surface area contributed by atoms with Gasteiger partial charge in [0.25, 0.3) is 0 Å². The first-order chi connectivity index (χ1) is 19.9. The number of allylic oxidation sites excluding steroid dienone is 3. The number of nitrogens with two attached hydrogens (primary N) is 1. The molecule has 4 aromatic carbocycles. The molecule has 1 aliphatic carbocycles. The fourth-order valence-electron chi connectivity index (χ4n) is 6.18. The average Bonchev–Trinajstić information content (AvgIpc) is 2.97. The van der Waals surface area contributed by atoms with Gasteiger partial charge in [0.15, 0.2) is 5.78 Å². The number of carbonyl (C=O) groups excluding carboxylic acids is 1. The number of aryl methyl sites for hydroxylation is 2. The van der Waals surface area contributed by atoms with Gasteiger partial charge in [-0.3, -0.25) is 9.69 Å². The Kier molecular flexibility index (Phi) is 7.03. The van der Waals surface area contributed by atoms with Gasteiger partial charge in [0.1, 0.15) is 18.2 Å². The number of ether oxygens (including phenoxy) is 1. The van der Waals surface area contributed by atoms with Gasteiger partial charge in [0, 0.05) is 23.1 Å². The monoisotopic (exact) mass is 559 g/mol. The first kappa shape index (κ1) is 26.7. The van der Waals surface area contributed by atoms with E-state index in [1.165, 1.54) is 0 Å². The minimum absolute atomic E-state index is 0.0654. The van der Waals surface area contributed by atoms with E-state index in [-0.39, 0.29) is 5.78 Å². The summed E-state index contributed by atoms with van der Waals surface area (Å²) in [5, 5.41) is 13.2. The summed E-state index contributed by atoms with van der Waals surface area (Å²) in [6.07, 6.45) is 1.89. The van der Waals surface area contributed by atoms with Gasteiger partial charge in [0.05, 0.1) is 28.3 Å². The number of Topliss-reactive ketones (excluding diaryl/α,β-unsaturated/α-hetero) is 1. The Hall–Kier alpha value is -4.53. The van der Waals surface area contributed by atoms with Crippen LogP contribution in [0.2, 0.25) is 5.02 Å². The van der Waals surface area contributed by atoms with Crippen LogP contribution >= 0.6 is 11.6 Å². The first-order valence-electron chi connectivity index (χ1n) is 13.8. The number of para-hydroxylation sites is 1. The highest BCUT2D eigenvalue weighted by molar-refractivity contribution is 6.32. The molecule has 0 bridgehead atoms. The number of benzene rings is 4. The van der Waals surface area contributed by atoms with Crippen LogP contribution in [0.5, 0.6) is 5.75 Å². The Morgan fingerprint density at radius 3 is 2.56 bits per heavy atom. The predicted molar refractivity (Wildman–Crippen MR) is 164 cm³/mol. The van der Waals surface area contributed by atoms with Gasteiger partial charge in [-0.25, -0.2) is 0 Å². The molecule has 2 N–H and O–H groups in total. The van der Waals surface area contributed by atoms with E-state index in [9.17, 15) is 10.1 Å². The van der Waals surface area contributed by atoms with Crippen molar-refractivity contribution in [3.63, 3.8) is 0 Å². The van der Waals surface area contributed by atoms with E-state index in [1.807, 2.05) is 61.2 Å². The molecule has 6 rings (SSSR count). The molecule has 5 nitrogen and oxygen atoms in total. The summed E-state index contributed by atoms with van der Waals surface area (Å²) in [7, 11) is 0. The molecule has 6 heteroatoms. The van der Waals surface area contributed by atoms with E-state index in [0.29, 0.717) is 47.2 Å². The lowest BCUT2D eigenvalue weighted by Gasteiger charge is -2.40. The highest BCUT2D eigenvalue weighted by atomic mass is 35.5. The van der Waals surface area contributed by atoms with Crippen LogP contribution < -0.4 is 15.4 Å². The molecule has 41 heavy (non-hydrogen) atoms. The van der Waals surface area contributed by atoms with Crippen LogP contribution in [0.1, 0.15) is 47.4 Å². The van der Waals surface area contributed by atoms with Crippen LogP contribution in [-0.2, 0) is 11.4 Å². The summed E-state index contributed by atoms with van der Waals surface area (Å²) in [6, 6.07) is 28.1. The molecule has 0 fully saturated rings. The first-order valence-corrected chi connectivity index (χ1v) is 14.2. The lowest BCUT2D eigenvalue weighted by molar-refractivity contribution is -0.116. The summed E-state index contributed by atoms with van der Waals surface area (Å²) in [4.78, 5) is 15.7. The standard InChI is InChI=1S/C35H30ClN3O2/c1-21-17-22(2)26(18-24(21)20-41-32-16-6-5-12-28(32)36)33-27(19-37)35(38)39(30-14-8-15-31(40)34(30)33)29-13-7-10-23-9-3-4-11-25(23)29/h3-7,9-13,16-18,33H,8,14-15,20,38H2,1-2H3. The lowest BCUT2D eigenvalue weighted by atomic mass is 9.74. The molecule has 1 atom stereocenters. The molecule has 0 amide bonds. The predicted octanol–water partition coefficient (Wildman–Crippen LogP) is 7.99. The van der Waals surface area contributed by atoms with Gasteiger partial charge in [0.2, 0.25) is 0 Å². The number of carbonyl (C=O) groups is 1. The van der Waals surface area contributed by atoms with Crippen LogP contribution in [0.4, 0.5) is 5.69 Å². The SMILES string of the molecule is Cc1cc(C)c(C2C(C#N)=C(N)N(c3cccc4ccccc34)C3=C2C(=O)CCC3)cc1COc1ccccc1Cl. The number of fused-ring (bicyclic) bond motifs is 1. The molecule has 1 heterocycles. The van der Waals surface area contributed by atoms with Gasteiger partial charge in [-0.1, -0.05) is 72.3 Å². The van der Waals surface area contributed by atoms with Gasteiger partial charge >= 0.3 is 0 Å². The number of nitrogens with zero attached hydrogens (tertiary/aromatic N) is 2. The maximum absolute atomic E-state index is 13.7. The summed E-state index contributed by atoms with van der Waals surface area (Å²) in [5.74, 6) is 0.494. The minimum Gasteiger partial charge on any atom is -0.487 e. The second-order valence-electron chi connectivity index (χ2n) is 10.7. The maximum atomic E-state index is 13.7. The van der Waals surface area contributed by atoms with Crippen LogP contribution in [0, 0.1) is 25.2 Å². The molecule has 0 spiro atoms. The molecular weight excluding hydrogens is 530 g/mol. The molecule has 1 unspecified atom stereocenters. The Balaban J connectivity index is 1.50. The maximum Gasteiger partial charge on any atom is 0.161 e. The zero-order chi connectivity index (χ0) is 28.7. The van der Waals surface area contributed by atoms with Crippen LogP contribution in [0.15, 0.2) is 102 Å². The molecule has 2 aliphatic rings. The van der Waals surface area contributed by atoms with E-state index >= 15 is 0 Å². The normalized spacial score (nSPS) is 17.1. The quantitative estimate of drug-likeness (QED) is 0.268. The van der Waals surface area contributed by atoms with Crippen LogP contribution in [0.25, 0.3) is 10.8 Å². The smallest absolute Gasteiger partial charge is 0.161 e. The van der Waals surface area contributed by atoms with E-state index in [2.05, 4.69) is 36.4 Å². The fourth-order valence-corrected chi connectivity index (χ4v) is 6.37. The van der Waals surface area contributed by atoms with Crippen molar-refractivity contribution in [1.29, 1.82) is 5.26 Å². The zero-order valence-corrected chi connectivity index (χ0v) is 23.8. The third-order valence-electron chi connectivity index (χ3n) is 8.18. The molecule has 0 radical (unpaired) electrons. The topological polar surface area (TPSA) is 79.4 Å². The highest BCUT2D eigenvalue weighted by Gasteiger charge is 2.41. The Morgan fingerprint density at radius 1 is 1.00 bits per heavy atom. The van der Waals surface area contributed by atoms with Gasteiger partial charge in [-0.15, -0.1) is 0 Å². The third kappa shape index (κ3) is 4.65. The van der Waals surface area contributed by atoms with Crippen molar-refractivity contribution >= 4 is 33.8 Å². The van der Waals surface area contributed by atoms with Gasteiger partial charge < -0.3 is 10.5 Å². The number of anilines is 1. The third-order valence-corrected chi connectivity index (χ3v) is 8.49. The lowest BCUT2D eigenvalue weighted by Crippen LogP contribution is -2.39. The molecule has 0 aromatic heterocycles. The number of halogens is 1. The van der Waals surface area contributed by atoms with Crippen LogP contribution in [0.3, 0.4) is 0 Å². The van der Waals surface area contributed by atoms with Gasteiger partial charge in [-0.2, -0.15) is 5.26 Å². The average molecular weight is 560 g/mol. The molecule has 0 saturated heterocycles. The molecule has 4 aromatic rings. The van der Waals surface area contributed by atoms with Gasteiger partial charge in [-0.05, 0) is 72.5 Å². The van der Waals surface area contributed by atoms with Crippen molar-refractivity contribution in [2.45, 2.75) is 45.6 Å². The number of hydrogen-bond donors (Lipinski definition) is 1. The second kappa shape index (κ2) is 10.8.